The number of thioether (sulfide) groups is 1. The van der Waals surface area contributed by atoms with Gasteiger partial charge in [-0.3, -0.25) is 4.79 Å². The predicted molar refractivity (Wildman–Crippen MR) is 91.8 cm³/mol. The molecule has 0 radical (unpaired) electrons. The summed E-state index contributed by atoms with van der Waals surface area (Å²) in [6.45, 7) is 1.84. The van der Waals surface area contributed by atoms with Crippen molar-refractivity contribution in [3.05, 3.63) is 66.2 Å². The van der Waals surface area contributed by atoms with Gasteiger partial charge < -0.3 is 5.32 Å². The van der Waals surface area contributed by atoms with Gasteiger partial charge >= 0.3 is 0 Å². The van der Waals surface area contributed by atoms with Crippen LogP contribution in [0, 0.1) is 12.7 Å². The van der Waals surface area contributed by atoms with Gasteiger partial charge in [0.2, 0.25) is 11.1 Å². The Kier molecular flexibility index (Phi) is 4.90. The fourth-order valence-corrected chi connectivity index (χ4v) is 2.67. The van der Waals surface area contributed by atoms with Crippen LogP contribution in [-0.4, -0.2) is 26.4 Å². The molecule has 1 heterocycles. The summed E-state index contributed by atoms with van der Waals surface area (Å²) in [5, 5.41) is 7.35. The van der Waals surface area contributed by atoms with E-state index in [1.54, 1.807) is 23.1 Å². The van der Waals surface area contributed by atoms with Gasteiger partial charge in [0, 0.05) is 0 Å². The van der Waals surface area contributed by atoms with Crippen molar-refractivity contribution in [1.82, 2.24) is 14.8 Å². The Morgan fingerprint density at radius 3 is 2.83 bits per heavy atom. The summed E-state index contributed by atoms with van der Waals surface area (Å²) < 4.78 is 15.3. The van der Waals surface area contributed by atoms with Crippen LogP contribution >= 0.6 is 11.8 Å². The van der Waals surface area contributed by atoms with E-state index < -0.39 is 5.82 Å². The lowest BCUT2D eigenvalue weighted by atomic mass is 10.2. The molecule has 122 valence electrons. The van der Waals surface area contributed by atoms with Crippen LogP contribution in [0.25, 0.3) is 5.69 Å². The molecule has 1 N–H and O–H groups in total. The largest absolute Gasteiger partial charge is 0.323 e. The molecule has 0 saturated heterocycles. The van der Waals surface area contributed by atoms with E-state index in [4.69, 9.17) is 0 Å². The Morgan fingerprint density at radius 2 is 2.04 bits per heavy atom. The quantitative estimate of drug-likeness (QED) is 0.722. The van der Waals surface area contributed by atoms with Crippen molar-refractivity contribution >= 4 is 23.4 Å². The summed E-state index contributed by atoms with van der Waals surface area (Å²) in [6, 6.07) is 14.2. The average molecular weight is 342 g/mol. The van der Waals surface area contributed by atoms with E-state index in [0.29, 0.717) is 5.16 Å². The number of halogens is 1. The van der Waals surface area contributed by atoms with Gasteiger partial charge in [-0.1, -0.05) is 36.0 Å². The van der Waals surface area contributed by atoms with Crippen LogP contribution in [-0.2, 0) is 4.79 Å². The molecule has 24 heavy (non-hydrogen) atoms. The number of benzene rings is 2. The number of aromatic nitrogens is 3. The molecule has 2 aromatic carbocycles. The first-order valence-electron chi connectivity index (χ1n) is 7.28. The molecule has 0 spiro atoms. The summed E-state index contributed by atoms with van der Waals surface area (Å²) in [4.78, 5) is 16.1. The van der Waals surface area contributed by atoms with Gasteiger partial charge in [-0.2, -0.15) is 0 Å². The van der Waals surface area contributed by atoms with Crippen LogP contribution in [0.5, 0.6) is 0 Å². The summed E-state index contributed by atoms with van der Waals surface area (Å²) in [7, 11) is 0. The van der Waals surface area contributed by atoms with Gasteiger partial charge in [0.05, 0.1) is 17.1 Å². The number of nitrogens with one attached hydrogen (secondary N) is 1. The minimum Gasteiger partial charge on any atom is -0.323 e. The Morgan fingerprint density at radius 1 is 1.25 bits per heavy atom. The Balaban J connectivity index is 1.59. The molecule has 7 heteroatoms. The van der Waals surface area contributed by atoms with Crippen LogP contribution in [0.2, 0.25) is 0 Å². The normalized spacial score (nSPS) is 10.6. The first-order chi connectivity index (χ1) is 11.6. The molecular formula is C17H15FN4OS. The number of carbonyl (C=O) groups is 1. The highest BCUT2D eigenvalue weighted by atomic mass is 32.2. The molecule has 0 unspecified atom stereocenters. The third-order valence-corrected chi connectivity index (χ3v) is 4.07. The number of aryl methyl sites for hydroxylation is 1. The SMILES string of the molecule is Cc1ccc(F)c(NC(=O)CSc2ncn(-c3ccccc3)n2)c1. The number of hydrogen-bond donors (Lipinski definition) is 1. The zero-order valence-corrected chi connectivity index (χ0v) is 13.8. The van der Waals surface area contributed by atoms with Gasteiger partial charge in [0.15, 0.2) is 0 Å². The fourth-order valence-electron chi connectivity index (χ4n) is 2.07. The molecule has 3 aromatic rings. The second-order valence-electron chi connectivity index (χ2n) is 5.13. The maximum absolute atomic E-state index is 13.6. The van der Waals surface area contributed by atoms with E-state index in [1.165, 1.54) is 17.8 Å². The number of nitrogens with zero attached hydrogens (tertiary/aromatic N) is 3. The molecule has 0 fully saturated rings. The molecule has 0 aliphatic carbocycles. The van der Waals surface area contributed by atoms with Crippen molar-refractivity contribution in [3.8, 4) is 5.69 Å². The van der Waals surface area contributed by atoms with Crippen LogP contribution in [0.4, 0.5) is 10.1 Å². The Hall–Kier alpha value is -2.67. The third-order valence-electron chi connectivity index (χ3n) is 3.22. The first-order valence-corrected chi connectivity index (χ1v) is 8.26. The first kappa shape index (κ1) is 16.2. The monoisotopic (exact) mass is 342 g/mol. The minimum atomic E-state index is -0.453. The van der Waals surface area contributed by atoms with E-state index in [0.717, 1.165) is 11.3 Å². The highest BCUT2D eigenvalue weighted by molar-refractivity contribution is 7.99. The van der Waals surface area contributed by atoms with E-state index in [9.17, 15) is 9.18 Å². The molecule has 0 atom stereocenters. The Bertz CT molecular complexity index is 851. The molecule has 0 aliphatic rings. The second-order valence-corrected chi connectivity index (χ2v) is 6.07. The molecule has 5 nitrogen and oxygen atoms in total. The van der Waals surface area contributed by atoms with Gasteiger partial charge in [-0.05, 0) is 36.8 Å². The van der Waals surface area contributed by atoms with Crippen molar-refractivity contribution < 1.29 is 9.18 Å². The van der Waals surface area contributed by atoms with Crippen LogP contribution < -0.4 is 5.32 Å². The summed E-state index contributed by atoms with van der Waals surface area (Å²) in [5.74, 6) is -0.655. The second kappa shape index (κ2) is 7.27. The number of carbonyl (C=O) groups excluding carboxylic acids is 1. The van der Waals surface area contributed by atoms with Crippen molar-refractivity contribution in [3.63, 3.8) is 0 Å². The number of para-hydroxylation sites is 1. The number of anilines is 1. The molecule has 1 amide bonds. The molecule has 1 aromatic heterocycles. The van der Waals surface area contributed by atoms with Crippen LogP contribution in [0.15, 0.2) is 60.0 Å². The Labute approximate surface area is 142 Å². The highest BCUT2D eigenvalue weighted by Crippen LogP contribution is 2.18. The van der Waals surface area contributed by atoms with Gasteiger partial charge in [0.25, 0.3) is 0 Å². The topological polar surface area (TPSA) is 59.8 Å². The van der Waals surface area contributed by atoms with Crippen molar-refractivity contribution in [2.75, 3.05) is 11.1 Å². The summed E-state index contributed by atoms with van der Waals surface area (Å²) in [5.41, 5.74) is 1.95. The average Bonchev–Trinajstić information content (AvgIpc) is 3.06. The van der Waals surface area contributed by atoms with E-state index in [2.05, 4.69) is 15.4 Å². The molecule has 0 saturated carbocycles. The van der Waals surface area contributed by atoms with E-state index >= 15 is 0 Å². The van der Waals surface area contributed by atoms with Gasteiger partial charge in [-0.15, -0.1) is 5.10 Å². The van der Waals surface area contributed by atoms with Crippen molar-refractivity contribution in [2.24, 2.45) is 0 Å². The van der Waals surface area contributed by atoms with Gasteiger partial charge in [0.1, 0.15) is 12.1 Å². The number of rotatable bonds is 5. The van der Waals surface area contributed by atoms with Crippen LogP contribution in [0.1, 0.15) is 5.56 Å². The highest BCUT2D eigenvalue weighted by Gasteiger charge is 2.10. The maximum Gasteiger partial charge on any atom is 0.234 e. The summed E-state index contributed by atoms with van der Waals surface area (Å²) in [6.07, 6.45) is 1.59. The number of amides is 1. The lowest BCUT2D eigenvalue weighted by Crippen LogP contribution is -2.15. The van der Waals surface area contributed by atoms with E-state index in [1.807, 2.05) is 37.3 Å². The molecule has 0 bridgehead atoms. The lowest BCUT2D eigenvalue weighted by molar-refractivity contribution is -0.113. The zero-order chi connectivity index (χ0) is 16.9. The predicted octanol–water partition coefficient (Wildman–Crippen LogP) is 3.45. The molecule has 3 rings (SSSR count). The standard InChI is InChI=1S/C17H15FN4OS/c1-12-7-8-14(18)15(9-12)20-16(23)10-24-17-19-11-22(21-17)13-5-3-2-4-6-13/h2-9,11H,10H2,1H3,(H,20,23). The van der Waals surface area contributed by atoms with Crippen LogP contribution in [0.3, 0.4) is 0 Å². The fraction of sp³-hybridized carbons (Fsp3) is 0.118. The lowest BCUT2D eigenvalue weighted by Gasteiger charge is -2.06. The number of hydrogen-bond acceptors (Lipinski definition) is 4. The minimum absolute atomic E-state index is 0.103. The molecule has 0 aliphatic heterocycles. The summed E-state index contributed by atoms with van der Waals surface area (Å²) >= 11 is 1.20. The third kappa shape index (κ3) is 3.99. The van der Waals surface area contributed by atoms with E-state index in [-0.39, 0.29) is 17.3 Å². The van der Waals surface area contributed by atoms with Gasteiger partial charge in [-0.25, -0.2) is 14.1 Å². The smallest absolute Gasteiger partial charge is 0.234 e. The molecular weight excluding hydrogens is 327 g/mol. The van der Waals surface area contributed by atoms with Crippen molar-refractivity contribution in [2.45, 2.75) is 12.1 Å². The maximum atomic E-state index is 13.6. The van der Waals surface area contributed by atoms with Crippen molar-refractivity contribution in [1.29, 1.82) is 0 Å². The zero-order valence-electron chi connectivity index (χ0n) is 12.9.